The minimum absolute atomic E-state index is 0.144. The van der Waals surface area contributed by atoms with Gasteiger partial charge in [0.2, 0.25) is 0 Å². The first-order valence-corrected chi connectivity index (χ1v) is 12.0. The van der Waals surface area contributed by atoms with Crippen LogP contribution >= 0.6 is 11.6 Å². The number of carbonyl (C=O) groups is 1. The van der Waals surface area contributed by atoms with E-state index in [1.165, 1.54) is 12.1 Å². The van der Waals surface area contributed by atoms with Crippen molar-refractivity contribution in [1.29, 1.82) is 0 Å². The van der Waals surface area contributed by atoms with Gasteiger partial charge in [0.05, 0.1) is 12.7 Å². The highest BCUT2D eigenvalue weighted by Crippen LogP contribution is 2.59. The third-order valence-electron chi connectivity index (χ3n) is 7.23. The first-order chi connectivity index (χ1) is 16.7. The second kappa shape index (κ2) is 8.89. The Morgan fingerprint density at radius 1 is 1.29 bits per heavy atom. The smallest absolute Gasteiger partial charge is 0.406 e. The predicted octanol–water partition coefficient (Wildman–Crippen LogP) is 4.23. The van der Waals surface area contributed by atoms with Gasteiger partial charge in [-0.3, -0.25) is 4.79 Å². The molecule has 1 aliphatic carbocycles. The fraction of sp³-hybridized carbons (Fsp3) is 0.458. The first kappa shape index (κ1) is 23.7. The van der Waals surface area contributed by atoms with Gasteiger partial charge in [-0.2, -0.15) is 4.40 Å². The zero-order valence-electron chi connectivity index (χ0n) is 19.2. The summed E-state index contributed by atoms with van der Waals surface area (Å²) in [6, 6.07) is 6.02. The molecule has 2 aromatic heterocycles. The normalized spacial score (nSPS) is 19.2. The lowest BCUT2D eigenvalue weighted by Crippen LogP contribution is -2.43. The minimum atomic E-state index is -4.69. The molecule has 0 radical (unpaired) electrons. The van der Waals surface area contributed by atoms with E-state index in [-0.39, 0.29) is 17.1 Å². The number of ether oxygens (including phenoxy) is 1. The zero-order chi connectivity index (χ0) is 24.8. The van der Waals surface area contributed by atoms with Crippen LogP contribution in [-0.4, -0.2) is 41.3 Å². The molecule has 5 rings (SSSR count). The summed E-state index contributed by atoms with van der Waals surface area (Å²) >= 11 is 6.04. The average Bonchev–Trinajstić information content (AvgIpc) is 3.35. The lowest BCUT2D eigenvalue weighted by atomic mass is 9.90. The summed E-state index contributed by atoms with van der Waals surface area (Å²) in [5, 5.41) is 3.43. The van der Waals surface area contributed by atoms with Crippen LogP contribution in [0, 0.1) is 11.3 Å². The van der Waals surface area contributed by atoms with Crippen LogP contribution in [0.1, 0.15) is 36.8 Å². The van der Waals surface area contributed by atoms with Crippen molar-refractivity contribution < 1.29 is 27.3 Å². The van der Waals surface area contributed by atoms with E-state index in [0.29, 0.717) is 30.0 Å². The Kier molecular flexibility index (Phi) is 6.03. The highest BCUT2D eigenvalue weighted by molar-refractivity contribution is 6.29. The fourth-order valence-corrected chi connectivity index (χ4v) is 5.37. The predicted molar refractivity (Wildman–Crippen MR) is 124 cm³/mol. The molecule has 7 nitrogen and oxygen atoms in total. The van der Waals surface area contributed by atoms with E-state index in [4.69, 9.17) is 11.6 Å². The molecule has 35 heavy (non-hydrogen) atoms. The third kappa shape index (κ3) is 4.89. The molecule has 1 unspecified atom stereocenters. The number of nitrogens with zero attached hydrogens (tertiary/aromatic N) is 4. The molecule has 3 aromatic rings. The van der Waals surface area contributed by atoms with E-state index in [9.17, 15) is 18.0 Å². The second-order valence-corrected chi connectivity index (χ2v) is 9.63. The van der Waals surface area contributed by atoms with Gasteiger partial charge in [0.25, 0.3) is 0 Å². The number of amides is 1. The van der Waals surface area contributed by atoms with Crippen molar-refractivity contribution in [3.63, 3.8) is 0 Å². The van der Waals surface area contributed by atoms with Crippen LogP contribution in [0.25, 0.3) is 5.52 Å². The van der Waals surface area contributed by atoms with Gasteiger partial charge in [-0.25, -0.2) is 9.55 Å². The number of rotatable bonds is 6. The second-order valence-electron chi connectivity index (χ2n) is 9.25. The summed E-state index contributed by atoms with van der Waals surface area (Å²) in [5.74, 6) is 0.582. The number of benzene rings is 1. The van der Waals surface area contributed by atoms with Crippen LogP contribution in [0.4, 0.5) is 18.9 Å². The molecule has 0 bridgehead atoms. The van der Waals surface area contributed by atoms with Gasteiger partial charge in [-0.1, -0.05) is 11.6 Å². The van der Waals surface area contributed by atoms with Crippen molar-refractivity contribution in [2.24, 2.45) is 11.3 Å². The molecule has 3 heterocycles. The van der Waals surface area contributed by atoms with E-state index in [1.807, 2.05) is 17.7 Å². The Hall–Kier alpha value is -3.01. The van der Waals surface area contributed by atoms with Crippen LogP contribution in [0.3, 0.4) is 0 Å². The molecule has 11 heteroatoms. The van der Waals surface area contributed by atoms with Crippen LogP contribution in [0.2, 0.25) is 5.15 Å². The standard InChI is InChI=1S/C24H25ClF3N5O2/c1-2-31-14-18-13-29-20(25)15-33(18)22(31)21(34)30-12-16-11-23(16)7-9-32(10-8-23)17-3-5-19(6-4-17)35-24(26,27)28/h3-6,13-16H,2,7-12H2,1H3/p+1. The van der Waals surface area contributed by atoms with Gasteiger partial charge in [0, 0.05) is 25.3 Å². The van der Waals surface area contributed by atoms with Crippen LogP contribution in [0.15, 0.2) is 42.9 Å². The summed E-state index contributed by atoms with van der Waals surface area (Å²) in [5.41, 5.74) is 1.91. The van der Waals surface area contributed by atoms with Gasteiger partial charge < -0.3 is 15.0 Å². The zero-order valence-corrected chi connectivity index (χ0v) is 19.9. The molecule has 1 saturated carbocycles. The number of alkyl halides is 3. The molecular formula is C24H26ClF3N5O2+. The number of halogens is 4. The van der Waals surface area contributed by atoms with Crippen LogP contribution in [-0.2, 0) is 6.54 Å². The molecule has 186 valence electrons. The van der Waals surface area contributed by atoms with Crippen LogP contribution < -0.4 is 19.5 Å². The van der Waals surface area contributed by atoms with Crippen molar-refractivity contribution in [1.82, 2.24) is 14.7 Å². The molecule has 1 N–H and O–H groups in total. The summed E-state index contributed by atoms with van der Waals surface area (Å²) in [6.07, 6.45) is 3.52. The summed E-state index contributed by atoms with van der Waals surface area (Å²) in [6.45, 7) is 4.89. The maximum atomic E-state index is 13.1. The monoisotopic (exact) mass is 508 g/mol. The summed E-state index contributed by atoms with van der Waals surface area (Å²) < 4.78 is 44.7. The minimum Gasteiger partial charge on any atom is -0.406 e. The first-order valence-electron chi connectivity index (χ1n) is 11.6. The topological polar surface area (TPSA) is 62.8 Å². The summed E-state index contributed by atoms with van der Waals surface area (Å²) in [4.78, 5) is 19.3. The molecule has 1 aromatic carbocycles. The maximum absolute atomic E-state index is 13.1. The summed E-state index contributed by atoms with van der Waals surface area (Å²) in [7, 11) is 0. The number of hydrogen-bond acceptors (Lipinski definition) is 4. The number of piperidine rings is 1. The van der Waals surface area contributed by atoms with Crippen molar-refractivity contribution in [3.05, 3.63) is 53.8 Å². The van der Waals surface area contributed by atoms with E-state index in [0.717, 1.165) is 43.6 Å². The Bertz CT molecular complexity index is 1240. The van der Waals surface area contributed by atoms with Crippen molar-refractivity contribution in [2.45, 2.75) is 39.1 Å². The fourth-order valence-electron chi connectivity index (χ4n) is 5.22. The average molecular weight is 509 g/mol. The Balaban J connectivity index is 1.16. The molecule has 1 saturated heterocycles. The van der Waals surface area contributed by atoms with Gasteiger partial charge in [0.1, 0.15) is 18.1 Å². The van der Waals surface area contributed by atoms with E-state index < -0.39 is 6.36 Å². The SMILES string of the molecule is CC[n+]1cc2cnc(Cl)cn2c1C(=O)NCC1CC12CCN(c1ccc(OC(F)(F)F)cc1)CC2. The molecule has 2 aliphatic rings. The molecule has 1 spiro atoms. The quantitative estimate of drug-likeness (QED) is 0.506. The van der Waals surface area contributed by atoms with Crippen molar-refractivity contribution >= 4 is 28.7 Å². The number of hydrogen-bond donors (Lipinski definition) is 1. The number of nitrogens with one attached hydrogen (secondary N) is 1. The number of imidazole rings is 1. The Labute approximate surface area is 205 Å². The molecule has 2 fully saturated rings. The lowest BCUT2D eigenvalue weighted by molar-refractivity contribution is -0.694. The van der Waals surface area contributed by atoms with Crippen molar-refractivity contribution in [3.8, 4) is 5.75 Å². The number of anilines is 1. The number of fused-ring (bicyclic) bond motifs is 1. The van der Waals surface area contributed by atoms with Gasteiger partial charge in [-0.15, -0.1) is 13.2 Å². The highest BCUT2D eigenvalue weighted by Gasteiger charge is 2.54. The maximum Gasteiger partial charge on any atom is 0.573 e. The number of carbonyl (C=O) groups excluding carboxylic acids is 1. The lowest BCUT2D eigenvalue weighted by Gasteiger charge is -2.34. The highest BCUT2D eigenvalue weighted by atomic mass is 35.5. The largest absolute Gasteiger partial charge is 0.573 e. The van der Waals surface area contributed by atoms with Gasteiger partial charge >= 0.3 is 18.1 Å². The van der Waals surface area contributed by atoms with Crippen molar-refractivity contribution in [2.75, 3.05) is 24.5 Å². The molecular weight excluding hydrogens is 483 g/mol. The van der Waals surface area contributed by atoms with E-state index in [2.05, 4.69) is 19.9 Å². The third-order valence-corrected chi connectivity index (χ3v) is 7.42. The molecule has 1 atom stereocenters. The molecule has 1 amide bonds. The molecule has 1 aliphatic heterocycles. The number of aromatic nitrogens is 3. The van der Waals surface area contributed by atoms with E-state index >= 15 is 0 Å². The Morgan fingerprint density at radius 3 is 2.66 bits per heavy atom. The van der Waals surface area contributed by atoms with Gasteiger partial charge in [0.15, 0.2) is 10.7 Å². The van der Waals surface area contributed by atoms with Crippen LogP contribution in [0.5, 0.6) is 5.75 Å². The number of aryl methyl sites for hydroxylation is 1. The Morgan fingerprint density at radius 2 is 2.00 bits per heavy atom. The van der Waals surface area contributed by atoms with Gasteiger partial charge in [-0.05, 0) is 61.8 Å². The van der Waals surface area contributed by atoms with E-state index in [1.54, 1.807) is 28.9 Å².